The van der Waals surface area contributed by atoms with Crippen LogP contribution in [0.3, 0.4) is 0 Å². The first-order valence-corrected chi connectivity index (χ1v) is 9.12. The summed E-state index contributed by atoms with van der Waals surface area (Å²) in [6.45, 7) is 0.454. The summed E-state index contributed by atoms with van der Waals surface area (Å²) in [5.74, 6) is -1.29. The van der Waals surface area contributed by atoms with Crippen LogP contribution in [0.4, 0.5) is 18.9 Å². The lowest BCUT2D eigenvalue weighted by Crippen LogP contribution is -2.21. The van der Waals surface area contributed by atoms with Crippen LogP contribution in [-0.2, 0) is 17.5 Å². The molecule has 1 aliphatic rings. The molecule has 1 amide bonds. The minimum atomic E-state index is -4.56. The van der Waals surface area contributed by atoms with Gasteiger partial charge in [-0.15, -0.1) is 0 Å². The number of benzene rings is 2. The molecule has 0 saturated heterocycles. The number of hydrogen-bond acceptors (Lipinski definition) is 2. The molecule has 0 fully saturated rings. The summed E-state index contributed by atoms with van der Waals surface area (Å²) in [6, 6.07) is 17.0. The number of halogens is 3. The van der Waals surface area contributed by atoms with Crippen LogP contribution in [0, 0.1) is 0 Å². The van der Waals surface area contributed by atoms with Gasteiger partial charge in [0.1, 0.15) is 0 Å². The predicted octanol–water partition coefficient (Wildman–Crippen LogP) is 4.86. The fourth-order valence-electron chi connectivity index (χ4n) is 3.70. The van der Waals surface area contributed by atoms with E-state index in [-0.39, 0.29) is 11.5 Å². The fourth-order valence-corrected chi connectivity index (χ4v) is 3.70. The van der Waals surface area contributed by atoms with Crippen LogP contribution in [0.25, 0.3) is 0 Å². The van der Waals surface area contributed by atoms with Gasteiger partial charge < -0.3 is 9.88 Å². The molecule has 1 aromatic heterocycles. The molecule has 4 rings (SSSR count). The molecule has 3 aromatic rings. The minimum absolute atomic E-state index is 0.152. The first kappa shape index (κ1) is 19.0. The summed E-state index contributed by atoms with van der Waals surface area (Å²) < 4.78 is 41.3. The molecule has 1 atom stereocenters. The van der Waals surface area contributed by atoms with E-state index in [0.29, 0.717) is 29.9 Å². The molecule has 148 valence electrons. The van der Waals surface area contributed by atoms with Crippen molar-refractivity contribution in [3.05, 3.63) is 89.2 Å². The van der Waals surface area contributed by atoms with Crippen molar-refractivity contribution < 1.29 is 22.8 Å². The third kappa shape index (κ3) is 3.55. The minimum Gasteiger partial charge on any atom is -0.341 e. The largest absolute Gasteiger partial charge is 0.418 e. The molecule has 1 aliphatic heterocycles. The molecule has 29 heavy (non-hydrogen) atoms. The number of nitrogens with zero attached hydrogens (tertiary/aromatic N) is 1. The molecule has 7 heteroatoms. The Morgan fingerprint density at radius 2 is 1.62 bits per heavy atom. The number of rotatable bonds is 4. The Labute approximate surface area is 165 Å². The summed E-state index contributed by atoms with van der Waals surface area (Å²) in [7, 11) is 0. The average Bonchev–Trinajstić information content (AvgIpc) is 3.30. The lowest BCUT2D eigenvalue weighted by Gasteiger charge is -2.15. The zero-order valence-corrected chi connectivity index (χ0v) is 15.2. The van der Waals surface area contributed by atoms with Gasteiger partial charge in [0, 0.05) is 17.8 Å². The number of carbonyl (C=O) groups excluding carboxylic acids is 2. The highest BCUT2D eigenvalue weighted by atomic mass is 19.4. The standard InChI is InChI=1S/C22H17F3N2O2/c23-22(24,25)16-8-4-5-9-17(16)26-21(29)15-12-13-27-18(15)10-11-19(27)20(28)14-6-2-1-3-7-14/h1-11,15H,12-13H2,(H,26,29). The highest BCUT2D eigenvalue weighted by Gasteiger charge is 2.36. The molecular formula is C22H17F3N2O2. The summed E-state index contributed by atoms with van der Waals surface area (Å²) in [5, 5.41) is 2.41. The van der Waals surface area contributed by atoms with E-state index in [2.05, 4.69) is 5.32 Å². The lowest BCUT2D eigenvalue weighted by molar-refractivity contribution is -0.137. The first-order chi connectivity index (χ1) is 13.9. The van der Waals surface area contributed by atoms with Gasteiger partial charge in [-0.05, 0) is 30.7 Å². The molecule has 4 nitrogen and oxygen atoms in total. The summed E-state index contributed by atoms with van der Waals surface area (Å²) >= 11 is 0. The number of nitrogens with one attached hydrogen (secondary N) is 1. The van der Waals surface area contributed by atoms with Gasteiger partial charge in [0.05, 0.1) is 22.9 Å². The molecule has 1 unspecified atom stereocenters. The topological polar surface area (TPSA) is 51.1 Å². The maximum absolute atomic E-state index is 13.2. The number of carbonyl (C=O) groups is 2. The molecule has 0 spiro atoms. The molecule has 0 radical (unpaired) electrons. The highest BCUT2D eigenvalue weighted by molar-refractivity contribution is 6.08. The van der Waals surface area contributed by atoms with Crippen LogP contribution in [0.1, 0.15) is 39.6 Å². The molecule has 0 aliphatic carbocycles. The Balaban J connectivity index is 1.58. The Morgan fingerprint density at radius 1 is 0.931 bits per heavy atom. The SMILES string of the molecule is O=C(c1ccccc1)c1ccc2n1CCC2C(=O)Nc1ccccc1C(F)(F)F. The number of hydrogen-bond donors (Lipinski definition) is 1. The first-order valence-electron chi connectivity index (χ1n) is 9.12. The van der Waals surface area contributed by atoms with Crippen molar-refractivity contribution in [2.24, 2.45) is 0 Å². The molecule has 2 aromatic carbocycles. The molecule has 0 bridgehead atoms. The van der Waals surface area contributed by atoms with Gasteiger partial charge in [-0.25, -0.2) is 0 Å². The number of para-hydroxylation sites is 1. The zero-order chi connectivity index (χ0) is 20.6. The van der Waals surface area contributed by atoms with Gasteiger partial charge in [0.25, 0.3) is 0 Å². The van der Waals surface area contributed by atoms with Gasteiger partial charge >= 0.3 is 6.18 Å². The van der Waals surface area contributed by atoms with E-state index in [4.69, 9.17) is 0 Å². The number of ketones is 1. The Bertz CT molecular complexity index is 1070. The van der Waals surface area contributed by atoms with Crippen molar-refractivity contribution in [2.75, 3.05) is 5.32 Å². The van der Waals surface area contributed by atoms with E-state index in [1.807, 2.05) is 6.07 Å². The second-order valence-corrected chi connectivity index (χ2v) is 6.86. The Kier molecular flexibility index (Phi) is 4.74. The Hall–Kier alpha value is -3.35. The van der Waals surface area contributed by atoms with Crippen molar-refractivity contribution in [3.8, 4) is 0 Å². The third-order valence-corrected chi connectivity index (χ3v) is 5.09. The number of fused-ring (bicyclic) bond motifs is 1. The molecule has 2 heterocycles. The van der Waals surface area contributed by atoms with Gasteiger partial charge in [-0.3, -0.25) is 9.59 Å². The molecular weight excluding hydrogens is 381 g/mol. The normalized spacial score (nSPS) is 15.8. The van der Waals surface area contributed by atoms with Gasteiger partial charge in [0.2, 0.25) is 11.7 Å². The summed E-state index contributed by atoms with van der Waals surface area (Å²) in [6.07, 6.45) is -4.14. The molecule has 0 saturated carbocycles. The number of alkyl halides is 3. The number of anilines is 1. The van der Waals surface area contributed by atoms with Gasteiger partial charge in [-0.1, -0.05) is 42.5 Å². The lowest BCUT2D eigenvalue weighted by atomic mass is 10.0. The highest BCUT2D eigenvalue weighted by Crippen LogP contribution is 2.36. The van der Waals surface area contributed by atoms with Crippen molar-refractivity contribution in [1.29, 1.82) is 0 Å². The smallest absolute Gasteiger partial charge is 0.341 e. The quantitative estimate of drug-likeness (QED) is 0.638. The van der Waals surface area contributed by atoms with E-state index in [1.165, 1.54) is 18.2 Å². The number of amides is 1. The van der Waals surface area contributed by atoms with Crippen molar-refractivity contribution in [1.82, 2.24) is 4.57 Å². The van der Waals surface area contributed by atoms with Crippen molar-refractivity contribution >= 4 is 17.4 Å². The van der Waals surface area contributed by atoms with Crippen LogP contribution < -0.4 is 5.32 Å². The van der Waals surface area contributed by atoms with Crippen LogP contribution >= 0.6 is 0 Å². The van der Waals surface area contributed by atoms with Crippen molar-refractivity contribution in [2.45, 2.75) is 25.1 Å². The van der Waals surface area contributed by atoms with E-state index in [0.717, 1.165) is 6.07 Å². The molecule has 1 N–H and O–H groups in total. The van der Waals surface area contributed by atoms with E-state index in [9.17, 15) is 22.8 Å². The van der Waals surface area contributed by atoms with Crippen LogP contribution in [0.5, 0.6) is 0 Å². The number of aromatic nitrogens is 1. The van der Waals surface area contributed by atoms with Gasteiger partial charge in [-0.2, -0.15) is 13.2 Å². The van der Waals surface area contributed by atoms with Gasteiger partial charge in [0.15, 0.2) is 0 Å². The Morgan fingerprint density at radius 3 is 2.34 bits per heavy atom. The predicted molar refractivity (Wildman–Crippen MR) is 102 cm³/mol. The van der Waals surface area contributed by atoms with Crippen LogP contribution in [-0.4, -0.2) is 16.3 Å². The summed E-state index contributed by atoms with van der Waals surface area (Å²) in [5.41, 5.74) is 0.487. The van der Waals surface area contributed by atoms with Crippen LogP contribution in [0.15, 0.2) is 66.7 Å². The fraction of sp³-hybridized carbons (Fsp3) is 0.182. The van der Waals surface area contributed by atoms with E-state index >= 15 is 0 Å². The summed E-state index contributed by atoms with van der Waals surface area (Å²) in [4.78, 5) is 25.5. The second kappa shape index (κ2) is 7.24. The van der Waals surface area contributed by atoms with Crippen molar-refractivity contribution in [3.63, 3.8) is 0 Å². The zero-order valence-electron chi connectivity index (χ0n) is 15.2. The average molecular weight is 398 g/mol. The third-order valence-electron chi connectivity index (χ3n) is 5.09. The maximum atomic E-state index is 13.2. The van der Waals surface area contributed by atoms with E-state index < -0.39 is 23.6 Å². The second-order valence-electron chi connectivity index (χ2n) is 6.86. The maximum Gasteiger partial charge on any atom is 0.418 e. The van der Waals surface area contributed by atoms with E-state index in [1.54, 1.807) is 41.0 Å². The van der Waals surface area contributed by atoms with Crippen LogP contribution in [0.2, 0.25) is 0 Å². The monoisotopic (exact) mass is 398 g/mol.